The maximum Gasteiger partial charge on any atom is 0.133 e. The lowest BCUT2D eigenvalue weighted by molar-refractivity contribution is -0.121. The SMILES string of the molecule is O=C1CC[C@H](c2ccccc2)[C@@H](c2ccccc2)C1. The zero-order valence-electron chi connectivity index (χ0n) is 11.0. The largest absolute Gasteiger partial charge is 0.300 e. The molecule has 0 spiro atoms. The molecule has 0 unspecified atom stereocenters. The number of benzene rings is 2. The average Bonchev–Trinajstić information content (AvgIpc) is 2.49. The smallest absolute Gasteiger partial charge is 0.133 e. The number of carbonyl (C=O) groups is 1. The summed E-state index contributed by atoms with van der Waals surface area (Å²) in [4.78, 5) is 11.8. The van der Waals surface area contributed by atoms with E-state index < -0.39 is 0 Å². The monoisotopic (exact) mass is 250 g/mol. The third-order valence-electron chi connectivity index (χ3n) is 4.12. The second-order valence-corrected chi connectivity index (χ2v) is 5.32. The van der Waals surface area contributed by atoms with Crippen LogP contribution in [0.2, 0.25) is 0 Å². The van der Waals surface area contributed by atoms with Gasteiger partial charge in [-0.3, -0.25) is 4.79 Å². The molecule has 96 valence electrons. The summed E-state index contributed by atoms with van der Waals surface area (Å²) in [6.07, 6.45) is 2.38. The first-order chi connectivity index (χ1) is 9.34. The lowest BCUT2D eigenvalue weighted by Gasteiger charge is -2.31. The van der Waals surface area contributed by atoms with Crippen molar-refractivity contribution in [1.29, 1.82) is 0 Å². The highest BCUT2D eigenvalue weighted by molar-refractivity contribution is 5.80. The van der Waals surface area contributed by atoms with Crippen molar-refractivity contribution in [2.75, 3.05) is 0 Å². The van der Waals surface area contributed by atoms with Crippen molar-refractivity contribution in [3.8, 4) is 0 Å². The Hall–Kier alpha value is -1.89. The lowest BCUT2D eigenvalue weighted by Crippen LogP contribution is -2.22. The van der Waals surface area contributed by atoms with Gasteiger partial charge in [0, 0.05) is 12.8 Å². The summed E-state index contributed by atoms with van der Waals surface area (Å²) in [7, 11) is 0. The summed E-state index contributed by atoms with van der Waals surface area (Å²) in [5, 5.41) is 0. The van der Waals surface area contributed by atoms with Crippen molar-refractivity contribution in [2.45, 2.75) is 31.1 Å². The Kier molecular flexibility index (Phi) is 3.45. The van der Waals surface area contributed by atoms with Crippen LogP contribution in [0.1, 0.15) is 42.2 Å². The van der Waals surface area contributed by atoms with Gasteiger partial charge in [-0.15, -0.1) is 0 Å². The molecule has 0 heterocycles. The van der Waals surface area contributed by atoms with Gasteiger partial charge in [-0.25, -0.2) is 0 Å². The van der Waals surface area contributed by atoms with Crippen molar-refractivity contribution in [2.24, 2.45) is 0 Å². The molecule has 1 saturated carbocycles. The second-order valence-electron chi connectivity index (χ2n) is 5.32. The van der Waals surface area contributed by atoms with Gasteiger partial charge in [0.2, 0.25) is 0 Å². The zero-order valence-corrected chi connectivity index (χ0v) is 11.0. The van der Waals surface area contributed by atoms with Crippen LogP contribution in [-0.2, 0) is 4.79 Å². The molecule has 2 aromatic rings. The van der Waals surface area contributed by atoms with Crippen LogP contribution in [0.4, 0.5) is 0 Å². The number of hydrogen-bond donors (Lipinski definition) is 0. The Morgan fingerprint density at radius 2 is 1.26 bits per heavy atom. The Labute approximate surface area is 114 Å². The summed E-state index contributed by atoms with van der Waals surface area (Å²) in [6.45, 7) is 0. The molecule has 0 N–H and O–H groups in total. The van der Waals surface area contributed by atoms with E-state index in [2.05, 4.69) is 54.6 Å². The minimum absolute atomic E-state index is 0.338. The van der Waals surface area contributed by atoms with Crippen LogP contribution in [0.15, 0.2) is 60.7 Å². The Balaban J connectivity index is 1.95. The van der Waals surface area contributed by atoms with E-state index >= 15 is 0 Å². The number of rotatable bonds is 2. The molecule has 2 aromatic carbocycles. The molecule has 19 heavy (non-hydrogen) atoms. The third kappa shape index (κ3) is 2.60. The molecule has 0 aromatic heterocycles. The van der Waals surface area contributed by atoms with Crippen LogP contribution >= 0.6 is 0 Å². The fraction of sp³-hybridized carbons (Fsp3) is 0.278. The summed E-state index contributed by atoms with van der Waals surface area (Å²) >= 11 is 0. The molecule has 1 aliphatic rings. The minimum atomic E-state index is 0.338. The van der Waals surface area contributed by atoms with Crippen molar-refractivity contribution in [3.63, 3.8) is 0 Å². The Bertz CT molecular complexity index is 544. The number of Topliss-reactive ketones (excluding diaryl/α,β-unsaturated/α-hetero) is 1. The van der Waals surface area contributed by atoms with Crippen LogP contribution in [0.5, 0.6) is 0 Å². The summed E-state index contributed by atoms with van der Waals surface area (Å²) in [5.41, 5.74) is 2.66. The maximum atomic E-state index is 11.8. The molecule has 0 amide bonds. The average molecular weight is 250 g/mol. The van der Waals surface area contributed by atoms with E-state index in [1.807, 2.05) is 6.07 Å². The molecule has 0 bridgehead atoms. The van der Waals surface area contributed by atoms with Gasteiger partial charge >= 0.3 is 0 Å². The van der Waals surface area contributed by atoms with Crippen molar-refractivity contribution in [1.82, 2.24) is 0 Å². The topological polar surface area (TPSA) is 17.1 Å². The lowest BCUT2D eigenvalue weighted by atomic mass is 9.72. The molecule has 3 rings (SSSR count). The van der Waals surface area contributed by atoms with Gasteiger partial charge < -0.3 is 0 Å². The first-order valence-corrected chi connectivity index (χ1v) is 6.96. The molecule has 0 radical (unpaired) electrons. The molecule has 1 heteroatoms. The van der Waals surface area contributed by atoms with E-state index in [9.17, 15) is 4.79 Å². The summed E-state index contributed by atoms with van der Waals surface area (Å²) < 4.78 is 0. The molecule has 1 nitrogen and oxygen atoms in total. The van der Waals surface area contributed by atoms with Crippen LogP contribution in [0.3, 0.4) is 0 Å². The van der Waals surface area contributed by atoms with E-state index in [-0.39, 0.29) is 0 Å². The Morgan fingerprint density at radius 1 is 0.737 bits per heavy atom. The number of carbonyl (C=O) groups excluding carboxylic acids is 1. The molecular formula is C18H18O. The van der Waals surface area contributed by atoms with Crippen molar-refractivity contribution in [3.05, 3.63) is 71.8 Å². The fourth-order valence-electron chi connectivity index (χ4n) is 3.16. The molecule has 0 saturated heterocycles. The standard InChI is InChI=1S/C18H18O/c19-16-11-12-17(14-7-3-1-4-8-14)18(13-16)15-9-5-2-6-10-15/h1-10,17-18H,11-13H2/t17-,18-/m1/s1. The highest BCUT2D eigenvalue weighted by atomic mass is 16.1. The van der Waals surface area contributed by atoms with E-state index in [0.717, 1.165) is 12.8 Å². The van der Waals surface area contributed by atoms with Gasteiger partial charge in [-0.2, -0.15) is 0 Å². The van der Waals surface area contributed by atoms with E-state index in [4.69, 9.17) is 0 Å². The van der Waals surface area contributed by atoms with E-state index in [0.29, 0.717) is 24.0 Å². The van der Waals surface area contributed by atoms with Crippen LogP contribution in [0, 0.1) is 0 Å². The zero-order chi connectivity index (χ0) is 13.1. The van der Waals surface area contributed by atoms with Crippen LogP contribution < -0.4 is 0 Å². The normalized spacial score (nSPS) is 23.3. The molecular weight excluding hydrogens is 232 g/mol. The predicted molar refractivity (Wildman–Crippen MR) is 77.2 cm³/mol. The first-order valence-electron chi connectivity index (χ1n) is 6.96. The third-order valence-corrected chi connectivity index (χ3v) is 4.12. The molecule has 2 atom stereocenters. The van der Waals surface area contributed by atoms with Crippen molar-refractivity contribution >= 4 is 5.78 Å². The summed E-state index contributed by atoms with van der Waals surface area (Å²) in [5.74, 6) is 1.21. The fourth-order valence-corrected chi connectivity index (χ4v) is 3.16. The highest BCUT2D eigenvalue weighted by Gasteiger charge is 2.31. The van der Waals surface area contributed by atoms with Gasteiger partial charge in [0.1, 0.15) is 5.78 Å². The van der Waals surface area contributed by atoms with Crippen LogP contribution in [-0.4, -0.2) is 5.78 Å². The van der Waals surface area contributed by atoms with Gasteiger partial charge in [-0.1, -0.05) is 60.7 Å². The Morgan fingerprint density at radius 3 is 1.84 bits per heavy atom. The van der Waals surface area contributed by atoms with Gasteiger partial charge in [0.15, 0.2) is 0 Å². The van der Waals surface area contributed by atoms with E-state index in [1.165, 1.54) is 11.1 Å². The number of hydrogen-bond acceptors (Lipinski definition) is 1. The second kappa shape index (κ2) is 5.40. The minimum Gasteiger partial charge on any atom is -0.300 e. The van der Waals surface area contributed by atoms with Gasteiger partial charge in [0.05, 0.1) is 0 Å². The van der Waals surface area contributed by atoms with E-state index in [1.54, 1.807) is 0 Å². The highest BCUT2D eigenvalue weighted by Crippen LogP contribution is 2.42. The maximum absolute atomic E-state index is 11.8. The predicted octanol–water partition coefficient (Wildman–Crippen LogP) is 4.31. The number of ketones is 1. The quantitative estimate of drug-likeness (QED) is 0.776. The first kappa shape index (κ1) is 12.2. The van der Waals surface area contributed by atoms with Gasteiger partial charge in [0.25, 0.3) is 0 Å². The summed E-state index contributed by atoms with van der Waals surface area (Å²) in [6, 6.07) is 21.1. The molecule has 1 fully saturated rings. The van der Waals surface area contributed by atoms with Gasteiger partial charge in [-0.05, 0) is 29.4 Å². The molecule has 1 aliphatic carbocycles. The molecule has 0 aliphatic heterocycles. The van der Waals surface area contributed by atoms with Crippen molar-refractivity contribution < 1.29 is 4.79 Å². The van der Waals surface area contributed by atoms with Crippen LogP contribution in [0.25, 0.3) is 0 Å².